The summed E-state index contributed by atoms with van der Waals surface area (Å²) in [5.74, 6) is -1.62. The number of carbonyl (C=O) groups excluding carboxylic acids is 1. The molecule has 2 aliphatic rings. The number of nitrogens with zero attached hydrogens (tertiary/aromatic N) is 3. The fourth-order valence-electron chi connectivity index (χ4n) is 4.95. The van der Waals surface area contributed by atoms with Gasteiger partial charge in [-0.25, -0.2) is 22.2 Å². The molecule has 0 spiro atoms. The first-order chi connectivity index (χ1) is 18.6. The van der Waals surface area contributed by atoms with Crippen LogP contribution in [0.1, 0.15) is 23.3 Å². The van der Waals surface area contributed by atoms with Gasteiger partial charge in [-0.3, -0.25) is 9.78 Å². The van der Waals surface area contributed by atoms with Gasteiger partial charge in [0.2, 0.25) is 10.0 Å². The monoisotopic (exact) mass is 568 g/mol. The van der Waals surface area contributed by atoms with Gasteiger partial charge in [0, 0.05) is 19.3 Å². The number of ketones is 1. The van der Waals surface area contributed by atoms with Gasteiger partial charge in [0.15, 0.2) is 5.78 Å². The Balaban J connectivity index is 1.61. The molecule has 0 bridgehead atoms. The standard InChI is InChI=1S/C28H23ClF2N4O3S/c29-23-9-8-22(14-24(23)31)39(37,38)35-12-10-19-13-26(34-21-6-4-20(30)5-7-21)18(16-32)15-28(19,17-35)27(36)25-3-1-2-11-33-25/h1-9,11,13-14,16H,10,12,15,17,32H2/b18-16-,34-26?/t28-/m0/s1. The van der Waals surface area contributed by atoms with Crippen molar-refractivity contribution < 1.29 is 22.0 Å². The second kappa shape index (κ2) is 10.4. The molecule has 5 rings (SSSR count). The van der Waals surface area contributed by atoms with E-state index in [0.717, 1.165) is 6.07 Å². The lowest BCUT2D eigenvalue weighted by Crippen LogP contribution is -2.53. The van der Waals surface area contributed by atoms with Crippen LogP contribution in [-0.4, -0.2) is 42.3 Å². The predicted molar refractivity (Wildman–Crippen MR) is 144 cm³/mol. The molecule has 1 atom stereocenters. The second-order valence-electron chi connectivity index (χ2n) is 9.30. The van der Waals surface area contributed by atoms with Crippen molar-refractivity contribution in [3.05, 3.63) is 113 Å². The van der Waals surface area contributed by atoms with Crippen molar-refractivity contribution in [2.75, 3.05) is 13.1 Å². The highest BCUT2D eigenvalue weighted by atomic mass is 35.5. The summed E-state index contributed by atoms with van der Waals surface area (Å²) < 4.78 is 55.9. The van der Waals surface area contributed by atoms with Crippen molar-refractivity contribution in [3.8, 4) is 0 Å². The molecule has 3 aromatic rings. The van der Waals surface area contributed by atoms with E-state index in [4.69, 9.17) is 17.3 Å². The van der Waals surface area contributed by atoms with E-state index in [1.807, 2.05) is 0 Å². The zero-order chi connectivity index (χ0) is 27.8. The highest BCUT2D eigenvalue weighted by molar-refractivity contribution is 7.89. The van der Waals surface area contributed by atoms with E-state index < -0.39 is 27.1 Å². The highest BCUT2D eigenvalue weighted by Crippen LogP contribution is 2.47. The van der Waals surface area contributed by atoms with Crippen molar-refractivity contribution in [1.82, 2.24) is 9.29 Å². The number of fused-ring (bicyclic) bond motifs is 1. The number of benzene rings is 2. The molecule has 2 aromatic carbocycles. The largest absolute Gasteiger partial charge is 0.404 e. The minimum Gasteiger partial charge on any atom is -0.404 e. The average Bonchev–Trinajstić information content (AvgIpc) is 2.95. The highest BCUT2D eigenvalue weighted by Gasteiger charge is 2.51. The summed E-state index contributed by atoms with van der Waals surface area (Å²) in [5.41, 5.74) is 7.04. The minimum absolute atomic E-state index is 0.0567. The third-order valence-corrected chi connectivity index (χ3v) is 9.11. The van der Waals surface area contributed by atoms with Gasteiger partial charge in [0.05, 0.1) is 26.7 Å². The molecular formula is C28H23ClF2N4O3S. The Labute approximate surface area is 229 Å². The number of rotatable bonds is 5. The summed E-state index contributed by atoms with van der Waals surface area (Å²) in [6.45, 7) is -0.150. The smallest absolute Gasteiger partial charge is 0.243 e. The van der Waals surface area contributed by atoms with Crippen molar-refractivity contribution >= 4 is 38.8 Å². The summed E-state index contributed by atoms with van der Waals surface area (Å²) in [6, 6.07) is 13.8. The molecule has 200 valence electrons. The summed E-state index contributed by atoms with van der Waals surface area (Å²) >= 11 is 5.76. The van der Waals surface area contributed by atoms with E-state index in [-0.39, 0.29) is 47.3 Å². The van der Waals surface area contributed by atoms with Gasteiger partial charge >= 0.3 is 0 Å². The second-order valence-corrected chi connectivity index (χ2v) is 11.6. The molecule has 1 saturated heterocycles. The van der Waals surface area contributed by atoms with Gasteiger partial charge in [-0.05, 0) is 85.3 Å². The molecule has 1 aromatic heterocycles. The number of carbonyl (C=O) groups is 1. The van der Waals surface area contributed by atoms with Crippen LogP contribution in [0.4, 0.5) is 14.5 Å². The Morgan fingerprint density at radius 3 is 2.56 bits per heavy atom. The molecule has 0 amide bonds. The van der Waals surface area contributed by atoms with Gasteiger partial charge in [0.1, 0.15) is 17.3 Å². The first-order valence-electron chi connectivity index (χ1n) is 12.0. The number of hydrogen-bond donors (Lipinski definition) is 1. The van der Waals surface area contributed by atoms with Crippen LogP contribution < -0.4 is 5.73 Å². The minimum atomic E-state index is -4.18. The fourth-order valence-corrected chi connectivity index (χ4v) is 6.58. The van der Waals surface area contributed by atoms with E-state index in [0.29, 0.717) is 22.5 Å². The molecule has 0 unspecified atom stereocenters. The van der Waals surface area contributed by atoms with E-state index in [9.17, 15) is 22.0 Å². The number of aromatic nitrogens is 1. The fraction of sp³-hybridized carbons (Fsp3) is 0.179. The van der Waals surface area contributed by atoms with Crippen molar-refractivity contribution in [3.63, 3.8) is 0 Å². The summed E-state index contributed by atoms with van der Waals surface area (Å²) in [5, 5.41) is -0.197. The van der Waals surface area contributed by atoms with Crippen LogP contribution in [0.25, 0.3) is 0 Å². The number of aliphatic imine (C=N–C) groups is 1. The Morgan fingerprint density at radius 2 is 1.90 bits per heavy atom. The number of Topliss-reactive ketones (excluding diaryl/α,β-unsaturated/α-hetero) is 1. The lowest BCUT2D eigenvalue weighted by atomic mass is 9.64. The Kier molecular flexibility index (Phi) is 7.19. The van der Waals surface area contributed by atoms with Gasteiger partial charge in [-0.1, -0.05) is 23.2 Å². The first-order valence-corrected chi connectivity index (χ1v) is 13.8. The number of pyridine rings is 1. The molecule has 2 heterocycles. The van der Waals surface area contributed by atoms with Crippen molar-refractivity contribution in [1.29, 1.82) is 0 Å². The number of sulfonamides is 1. The average molecular weight is 569 g/mol. The van der Waals surface area contributed by atoms with Crippen LogP contribution in [0.3, 0.4) is 0 Å². The maximum Gasteiger partial charge on any atom is 0.243 e. The molecule has 0 radical (unpaired) electrons. The number of piperidine rings is 1. The van der Waals surface area contributed by atoms with Gasteiger partial charge < -0.3 is 5.73 Å². The molecule has 0 saturated carbocycles. The lowest BCUT2D eigenvalue weighted by molar-refractivity contribution is 0.0770. The van der Waals surface area contributed by atoms with Crippen LogP contribution in [0.5, 0.6) is 0 Å². The first kappa shape index (κ1) is 26.9. The lowest BCUT2D eigenvalue weighted by Gasteiger charge is -2.45. The van der Waals surface area contributed by atoms with Crippen LogP contribution >= 0.6 is 11.6 Å². The normalized spacial score (nSPS) is 22.0. The quantitative estimate of drug-likeness (QED) is 0.425. The van der Waals surface area contributed by atoms with E-state index >= 15 is 0 Å². The van der Waals surface area contributed by atoms with Crippen LogP contribution in [0.2, 0.25) is 5.02 Å². The molecule has 11 heteroatoms. The van der Waals surface area contributed by atoms with Crippen LogP contribution in [0, 0.1) is 17.0 Å². The molecular weight excluding hydrogens is 546 g/mol. The molecule has 7 nitrogen and oxygen atoms in total. The van der Waals surface area contributed by atoms with Gasteiger partial charge in [-0.15, -0.1) is 0 Å². The van der Waals surface area contributed by atoms with E-state index in [1.54, 1.807) is 24.3 Å². The third kappa shape index (κ3) is 5.03. The van der Waals surface area contributed by atoms with Gasteiger partial charge in [-0.2, -0.15) is 4.31 Å². The number of allylic oxidation sites excluding steroid dienone is 2. The predicted octanol–water partition coefficient (Wildman–Crippen LogP) is 5.22. The topological polar surface area (TPSA) is 106 Å². The van der Waals surface area contributed by atoms with E-state index in [1.165, 1.54) is 53.1 Å². The molecule has 39 heavy (non-hydrogen) atoms. The SMILES string of the molecule is N/C=C1/C[C@]2(C(=O)c3ccccn3)CN(S(=O)(=O)c3ccc(Cl)c(F)c3)CCC2=CC1=Nc1ccc(F)cc1. The zero-order valence-electron chi connectivity index (χ0n) is 20.5. The molecule has 1 fully saturated rings. The summed E-state index contributed by atoms with van der Waals surface area (Å²) in [4.78, 5) is 22.7. The van der Waals surface area contributed by atoms with Crippen LogP contribution in [0.15, 0.2) is 100 Å². The Bertz CT molecular complexity index is 1640. The van der Waals surface area contributed by atoms with Crippen LogP contribution in [-0.2, 0) is 10.0 Å². The van der Waals surface area contributed by atoms with Crippen molar-refractivity contribution in [2.24, 2.45) is 16.1 Å². The summed E-state index contributed by atoms with van der Waals surface area (Å²) in [6.07, 6.45) is 4.86. The maximum absolute atomic E-state index is 14.2. The Morgan fingerprint density at radius 1 is 1.13 bits per heavy atom. The number of hydrogen-bond acceptors (Lipinski definition) is 6. The third-order valence-electron chi connectivity index (χ3n) is 6.96. The zero-order valence-corrected chi connectivity index (χ0v) is 22.1. The van der Waals surface area contributed by atoms with E-state index in [2.05, 4.69) is 9.98 Å². The molecule has 2 N–H and O–H groups in total. The summed E-state index contributed by atoms with van der Waals surface area (Å²) in [7, 11) is -4.18. The van der Waals surface area contributed by atoms with Gasteiger partial charge in [0.25, 0.3) is 0 Å². The van der Waals surface area contributed by atoms with Crippen molar-refractivity contribution in [2.45, 2.75) is 17.7 Å². The molecule has 1 aliphatic carbocycles. The number of halogens is 3. The maximum atomic E-state index is 14.2. The Hall–Kier alpha value is -3.73. The molecule has 1 aliphatic heterocycles. The number of nitrogens with two attached hydrogens (primary N) is 1.